The highest BCUT2D eigenvalue weighted by atomic mass is 16.5. The molecule has 4 amide bonds. The van der Waals surface area contributed by atoms with Gasteiger partial charge in [0, 0.05) is 0 Å². The predicted octanol–water partition coefficient (Wildman–Crippen LogP) is 4.99. The van der Waals surface area contributed by atoms with E-state index in [0.717, 1.165) is 28.2 Å². The SMILES string of the molecule is CCc1cc(C)cc(OCCOc2ccc(/C=C3\C(=O)NC(=O)N(c4cccc(C)c4)C3=O)cc2)c1. The van der Waals surface area contributed by atoms with Crippen molar-refractivity contribution in [1.29, 1.82) is 0 Å². The fourth-order valence-electron chi connectivity index (χ4n) is 3.92. The number of rotatable bonds is 8. The largest absolute Gasteiger partial charge is 0.490 e. The van der Waals surface area contributed by atoms with Crippen molar-refractivity contribution in [3.05, 3.63) is 94.6 Å². The Labute approximate surface area is 210 Å². The number of imide groups is 2. The quantitative estimate of drug-likeness (QED) is 0.277. The van der Waals surface area contributed by atoms with E-state index in [1.807, 2.05) is 32.0 Å². The number of nitrogens with one attached hydrogen (secondary N) is 1. The summed E-state index contributed by atoms with van der Waals surface area (Å²) in [7, 11) is 0. The molecule has 3 aromatic rings. The maximum atomic E-state index is 13.0. The van der Waals surface area contributed by atoms with Gasteiger partial charge in [0.1, 0.15) is 30.3 Å². The molecule has 7 nitrogen and oxygen atoms in total. The van der Waals surface area contributed by atoms with Crippen LogP contribution in [0.15, 0.2) is 72.3 Å². The molecule has 1 aliphatic rings. The summed E-state index contributed by atoms with van der Waals surface area (Å²) >= 11 is 0. The number of urea groups is 1. The number of amides is 4. The number of carbonyl (C=O) groups excluding carboxylic acids is 3. The molecule has 1 aliphatic heterocycles. The van der Waals surface area contributed by atoms with Crippen LogP contribution in [0.25, 0.3) is 6.08 Å². The van der Waals surface area contributed by atoms with Crippen molar-refractivity contribution in [3.8, 4) is 11.5 Å². The van der Waals surface area contributed by atoms with Crippen molar-refractivity contribution >= 4 is 29.6 Å². The molecule has 3 aromatic carbocycles. The lowest BCUT2D eigenvalue weighted by atomic mass is 10.1. The molecule has 0 atom stereocenters. The van der Waals surface area contributed by atoms with Crippen LogP contribution in [0.2, 0.25) is 0 Å². The molecule has 0 aromatic heterocycles. The smallest absolute Gasteiger partial charge is 0.335 e. The van der Waals surface area contributed by atoms with E-state index in [2.05, 4.69) is 18.3 Å². The Bertz CT molecular complexity index is 1330. The zero-order valence-electron chi connectivity index (χ0n) is 20.5. The fourth-order valence-corrected chi connectivity index (χ4v) is 3.92. The summed E-state index contributed by atoms with van der Waals surface area (Å²) in [6, 6.07) is 19.4. The number of barbiturate groups is 1. The first-order valence-corrected chi connectivity index (χ1v) is 11.8. The van der Waals surface area contributed by atoms with Gasteiger partial charge in [-0.2, -0.15) is 0 Å². The third-order valence-corrected chi connectivity index (χ3v) is 5.69. The van der Waals surface area contributed by atoms with Gasteiger partial charge in [0.25, 0.3) is 11.8 Å². The first kappa shape index (κ1) is 24.7. The molecule has 7 heteroatoms. The van der Waals surface area contributed by atoms with Gasteiger partial charge in [-0.1, -0.05) is 37.3 Å². The summed E-state index contributed by atoms with van der Waals surface area (Å²) in [6.45, 7) is 6.78. The van der Waals surface area contributed by atoms with Crippen LogP contribution in [-0.2, 0) is 16.0 Å². The molecule has 0 saturated carbocycles. The number of nitrogens with zero attached hydrogens (tertiary/aromatic N) is 1. The Balaban J connectivity index is 1.39. The Morgan fingerprint density at radius 3 is 2.25 bits per heavy atom. The minimum absolute atomic E-state index is 0.122. The van der Waals surface area contributed by atoms with Gasteiger partial charge in [-0.25, -0.2) is 9.69 Å². The molecule has 0 unspecified atom stereocenters. The molecule has 0 bridgehead atoms. The highest BCUT2D eigenvalue weighted by Gasteiger charge is 2.36. The van der Waals surface area contributed by atoms with Crippen LogP contribution in [0.5, 0.6) is 11.5 Å². The third-order valence-electron chi connectivity index (χ3n) is 5.69. The monoisotopic (exact) mass is 484 g/mol. The van der Waals surface area contributed by atoms with Gasteiger partial charge in [0.2, 0.25) is 0 Å². The van der Waals surface area contributed by atoms with E-state index in [9.17, 15) is 14.4 Å². The lowest BCUT2D eigenvalue weighted by molar-refractivity contribution is -0.122. The maximum absolute atomic E-state index is 13.0. The number of benzene rings is 3. The Hall–Kier alpha value is -4.39. The minimum atomic E-state index is -0.768. The van der Waals surface area contributed by atoms with E-state index >= 15 is 0 Å². The van der Waals surface area contributed by atoms with Crippen molar-refractivity contribution in [2.75, 3.05) is 18.1 Å². The second-order valence-corrected chi connectivity index (χ2v) is 8.57. The topological polar surface area (TPSA) is 84.9 Å². The Morgan fingerprint density at radius 2 is 1.56 bits per heavy atom. The third kappa shape index (κ3) is 5.81. The maximum Gasteiger partial charge on any atom is 0.335 e. The average molecular weight is 485 g/mol. The van der Waals surface area contributed by atoms with E-state index in [4.69, 9.17) is 9.47 Å². The molecule has 1 fully saturated rings. The highest BCUT2D eigenvalue weighted by molar-refractivity contribution is 6.39. The molecule has 0 spiro atoms. The van der Waals surface area contributed by atoms with E-state index in [-0.39, 0.29) is 5.57 Å². The van der Waals surface area contributed by atoms with Gasteiger partial charge in [0.05, 0.1) is 5.69 Å². The first-order valence-electron chi connectivity index (χ1n) is 11.8. The molecule has 1 heterocycles. The molecule has 0 radical (unpaired) electrons. The molecule has 1 N–H and O–H groups in total. The van der Waals surface area contributed by atoms with Crippen LogP contribution < -0.4 is 19.7 Å². The van der Waals surface area contributed by atoms with Crippen LogP contribution in [0, 0.1) is 13.8 Å². The number of hydrogen-bond acceptors (Lipinski definition) is 5. The summed E-state index contributed by atoms with van der Waals surface area (Å²) in [5.74, 6) is 0.0595. The van der Waals surface area contributed by atoms with Crippen molar-refractivity contribution < 1.29 is 23.9 Å². The van der Waals surface area contributed by atoms with Gasteiger partial charge in [-0.05, 0) is 85.0 Å². The fraction of sp³-hybridized carbons (Fsp3) is 0.207. The zero-order valence-corrected chi connectivity index (χ0v) is 20.5. The molecule has 0 aliphatic carbocycles. The summed E-state index contributed by atoms with van der Waals surface area (Å²) in [4.78, 5) is 38.7. The second-order valence-electron chi connectivity index (χ2n) is 8.57. The van der Waals surface area contributed by atoms with Gasteiger partial charge < -0.3 is 9.47 Å². The van der Waals surface area contributed by atoms with Crippen LogP contribution >= 0.6 is 0 Å². The number of ether oxygens (including phenoxy) is 2. The number of carbonyl (C=O) groups is 3. The zero-order chi connectivity index (χ0) is 25.7. The van der Waals surface area contributed by atoms with E-state index in [1.165, 1.54) is 11.6 Å². The van der Waals surface area contributed by atoms with Gasteiger partial charge >= 0.3 is 6.03 Å². The van der Waals surface area contributed by atoms with Crippen LogP contribution in [0.4, 0.5) is 10.5 Å². The van der Waals surface area contributed by atoms with E-state index in [0.29, 0.717) is 30.2 Å². The molecule has 4 rings (SSSR count). The number of anilines is 1. The van der Waals surface area contributed by atoms with Crippen molar-refractivity contribution in [3.63, 3.8) is 0 Å². The van der Waals surface area contributed by atoms with Crippen LogP contribution in [-0.4, -0.2) is 31.1 Å². The number of hydrogen-bond donors (Lipinski definition) is 1. The standard InChI is InChI=1S/C29H28N2O5/c1-4-21-14-20(3)16-25(17-21)36-13-12-35-24-10-8-22(9-11-24)18-26-27(32)30-29(34)31(28(26)33)23-7-5-6-19(2)15-23/h5-11,14-18H,4,12-13H2,1-3H3,(H,30,32,34)/b26-18+. The summed E-state index contributed by atoms with van der Waals surface area (Å²) in [5.41, 5.74) is 4.18. The lowest BCUT2D eigenvalue weighted by Gasteiger charge is -2.26. The van der Waals surface area contributed by atoms with Crippen molar-refractivity contribution in [2.45, 2.75) is 27.2 Å². The molecule has 184 valence electrons. The van der Waals surface area contributed by atoms with E-state index < -0.39 is 17.8 Å². The second kappa shape index (κ2) is 10.9. The van der Waals surface area contributed by atoms with Crippen molar-refractivity contribution in [2.24, 2.45) is 0 Å². The van der Waals surface area contributed by atoms with Crippen molar-refractivity contribution in [1.82, 2.24) is 5.32 Å². The highest BCUT2D eigenvalue weighted by Crippen LogP contribution is 2.23. The predicted molar refractivity (Wildman–Crippen MR) is 138 cm³/mol. The summed E-state index contributed by atoms with van der Waals surface area (Å²) in [5, 5.41) is 2.24. The van der Waals surface area contributed by atoms with Gasteiger partial charge in [0.15, 0.2) is 0 Å². The average Bonchev–Trinajstić information content (AvgIpc) is 2.85. The molecule has 36 heavy (non-hydrogen) atoms. The molecular formula is C29H28N2O5. The Morgan fingerprint density at radius 1 is 0.833 bits per heavy atom. The van der Waals surface area contributed by atoms with Gasteiger partial charge in [-0.3, -0.25) is 14.9 Å². The lowest BCUT2D eigenvalue weighted by Crippen LogP contribution is -2.54. The van der Waals surface area contributed by atoms with E-state index in [1.54, 1.807) is 42.5 Å². The first-order chi connectivity index (χ1) is 17.3. The molecular weight excluding hydrogens is 456 g/mol. The summed E-state index contributed by atoms with van der Waals surface area (Å²) < 4.78 is 11.6. The van der Waals surface area contributed by atoms with Crippen LogP contribution in [0.3, 0.4) is 0 Å². The van der Waals surface area contributed by atoms with Gasteiger partial charge in [-0.15, -0.1) is 0 Å². The normalized spacial score (nSPS) is 14.7. The summed E-state index contributed by atoms with van der Waals surface area (Å²) in [6.07, 6.45) is 2.41. The number of aryl methyl sites for hydroxylation is 3. The molecule has 1 saturated heterocycles. The Kier molecular flexibility index (Phi) is 7.49. The minimum Gasteiger partial charge on any atom is -0.490 e. The van der Waals surface area contributed by atoms with Crippen LogP contribution in [0.1, 0.15) is 29.2 Å².